The number of anilines is 1. The molecular formula is C19H18ClNO7. The molecule has 0 aliphatic carbocycles. The fourth-order valence-electron chi connectivity index (χ4n) is 2.17. The maximum absolute atomic E-state index is 12.0. The summed E-state index contributed by atoms with van der Waals surface area (Å²) >= 11 is 5.89. The Morgan fingerprint density at radius 2 is 1.71 bits per heavy atom. The van der Waals surface area contributed by atoms with Gasteiger partial charge in [0.05, 0.1) is 19.9 Å². The third kappa shape index (κ3) is 5.88. The van der Waals surface area contributed by atoms with Crippen LogP contribution >= 0.6 is 11.6 Å². The summed E-state index contributed by atoms with van der Waals surface area (Å²) in [7, 11) is 2.86. The molecule has 0 aromatic heterocycles. The van der Waals surface area contributed by atoms with Gasteiger partial charge in [0.25, 0.3) is 5.91 Å². The largest absolute Gasteiger partial charge is 0.495 e. The molecule has 2 rings (SSSR count). The van der Waals surface area contributed by atoms with Gasteiger partial charge in [-0.3, -0.25) is 9.59 Å². The molecule has 1 N–H and O–H groups in total. The van der Waals surface area contributed by atoms with Gasteiger partial charge in [-0.25, -0.2) is 4.79 Å². The van der Waals surface area contributed by atoms with Crippen molar-refractivity contribution >= 4 is 35.5 Å². The molecule has 0 saturated heterocycles. The fourth-order valence-corrected chi connectivity index (χ4v) is 2.34. The highest BCUT2D eigenvalue weighted by Gasteiger charge is 2.13. The highest BCUT2D eigenvalue weighted by atomic mass is 35.5. The third-order valence-corrected chi connectivity index (χ3v) is 3.70. The lowest BCUT2D eigenvalue weighted by Gasteiger charge is -2.12. The van der Waals surface area contributed by atoms with Crippen molar-refractivity contribution in [2.45, 2.75) is 0 Å². The number of nitrogens with one attached hydrogen (secondary N) is 1. The second kappa shape index (κ2) is 10.2. The van der Waals surface area contributed by atoms with Gasteiger partial charge in [-0.1, -0.05) is 11.6 Å². The number of methoxy groups -OCH3 is 2. The summed E-state index contributed by atoms with van der Waals surface area (Å²) in [4.78, 5) is 34.5. The zero-order chi connectivity index (χ0) is 20.5. The Morgan fingerprint density at radius 3 is 2.39 bits per heavy atom. The Balaban J connectivity index is 1.85. The lowest BCUT2D eigenvalue weighted by atomic mass is 10.2. The molecule has 0 spiro atoms. The first-order chi connectivity index (χ1) is 13.5. The SMILES string of the molecule is COc1ccc(Cl)cc1NC(=O)COC(=O)COc1ccc(C=O)cc1OC. The fraction of sp³-hybridized carbons (Fsp3) is 0.211. The summed E-state index contributed by atoms with van der Waals surface area (Å²) in [5.41, 5.74) is 0.757. The van der Waals surface area contributed by atoms with Gasteiger partial charge >= 0.3 is 5.97 Å². The Kier molecular flexibility index (Phi) is 7.65. The number of esters is 1. The zero-order valence-electron chi connectivity index (χ0n) is 15.2. The minimum atomic E-state index is -0.755. The van der Waals surface area contributed by atoms with Gasteiger partial charge in [0.1, 0.15) is 12.0 Å². The highest BCUT2D eigenvalue weighted by Crippen LogP contribution is 2.28. The molecule has 8 nitrogen and oxygen atoms in total. The predicted molar refractivity (Wildman–Crippen MR) is 101 cm³/mol. The van der Waals surface area contributed by atoms with Crippen LogP contribution in [0.25, 0.3) is 0 Å². The average Bonchev–Trinajstić information content (AvgIpc) is 2.70. The lowest BCUT2D eigenvalue weighted by molar-refractivity contribution is -0.149. The van der Waals surface area contributed by atoms with Gasteiger partial charge in [0.15, 0.2) is 24.7 Å². The van der Waals surface area contributed by atoms with Gasteiger partial charge in [-0.05, 0) is 36.4 Å². The van der Waals surface area contributed by atoms with Crippen molar-refractivity contribution in [1.82, 2.24) is 0 Å². The summed E-state index contributed by atoms with van der Waals surface area (Å²) in [5, 5.41) is 2.96. The predicted octanol–water partition coefficient (Wildman–Crippen LogP) is 2.73. The molecule has 1 amide bonds. The molecule has 0 aliphatic heterocycles. The van der Waals surface area contributed by atoms with Crippen molar-refractivity contribution in [3.05, 3.63) is 47.0 Å². The van der Waals surface area contributed by atoms with Crippen LogP contribution < -0.4 is 19.5 Å². The van der Waals surface area contributed by atoms with Crippen molar-refractivity contribution in [3.8, 4) is 17.2 Å². The van der Waals surface area contributed by atoms with Crippen LogP contribution in [0.4, 0.5) is 5.69 Å². The quantitative estimate of drug-likeness (QED) is 0.503. The monoisotopic (exact) mass is 407 g/mol. The van der Waals surface area contributed by atoms with E-state index in [0.29, 0.717) is 34.1 Å². The van der Waals surface area contributed by atoms with E-state index in [4.69, 9.17) is 30.5 Å². The molecule has 148 valence electrons. The maximum Gasteiger partial charge on any atom is 0.344 e. The molecule has 0 fully saturated rings. The van der Waals surface area contributed by atoms with Crippen LogP contribution in [0.2, 0.25) is 5.02 Å². The summed E-state index contributed by atoms with van der Waals surface area (Å²) < 4.78 is 20.4. The van der Waals surface area contributed by atoms with Gasteiger partial charge in [0, 0.05) is 10.6 Å². The van der Waals surface area contributed by atoms with E-state index in [1.165, 1.54) is 38.5 Å². The van der Waals surface area contributed by atoms with Crippen LogP contribution in [0.1, 0.15) is 10.4 Å². The molecule has 0 atom stereocenters. The zero-order valence-corrected chi connectivity index (χ0v) is 15.9. The Labute approximate surface area is 166 Å². The van der Waals surface area contributed by atoms with E-state index in [0.717, 1.165) is 0 Å². The number of hydrogen-bond acceptors (Lipinski definition) is 7. The Morgan fingerprint density at radius 1 is 1.00 bits per heavy atom. The second-order valence-electron chi connectivity index (χ2n) is 5.37. The smallest absolute Gasteiger partial charge is 0.344 e. The van der Waals surface area contributed by atoms with Gasteiger partial charge in [-0.2, -0.15) is 0 Å². The van der Waals surface area contributed by atoms with Crippen molar-refractivity contribution < 1.29 is 33.3 Å². The molecule has 0 aliphatic rings. The number of carbonyl (C=O) groups excluding carboxylic acids is 3. The van der Waals surface area contributed by atoms with Gasteiger partial charge < -0.3 is 24.3 Å². The van der Waals surface area contributed by atoms with Crippen LogP contribution in [0.15, 0.2) is 36.4 Å². The van der Waals surface area contributed by atoms with E-state index in [1.54, 1.807) is 12.1 Å². The van der Waals surface area contributed by atoms with Gasteiger partial charge in [0.2, 0.25) is 0 Å². The number of halogens is 1. The minimum absolute atomic E-state index is 0.262. The highest BCUT2D eigenvalue weighted by molar-refractivity contribution is 6.31. The lowest BCUT2D eigenvalue weighted by Crippen LogP contribution is -2.24. The number of rotatable bonds is 9. The van der Waals surface area contributed by atoms with Crippen LogP contribution in [0.5, 0.6) is 17.2 Å². The van der Waals surface area contributed by atoms with E-state index < -0.39 is 25.1 Å². The number of benzene rings is 2. The molecule has 28 heavy (non-hydrogen) atoms. The molecule has 0 radical (unpaired) electrons. The molecular weight excluding hydrogens is 390 g/mol. The topological polar surface area (TPSA) is 100 Å². The van der Waals surface area contributed by atoms with Gasteiger partial charge in [-0.15, -0.1) is 0 Å². The van der Waals surface area contributed by atoms with Crippen LogP contribution in [0, 0.1) is 0 Å². The van der Waals surface area contributed by atoms with Crippen molar-refractivity contribution in [3.63, 3.8) is 0 Å². The van der Waals surface area contributed by atoms with E-state index in [9.17, 15) is 14.4 Å². The van der Waals surface area contributed by atoms with E-state index >= 15 is 0 Å². The minimum Gasteiger partial charge on any atom is -0.495 e. The third-order valence-electron chi connectivity index (χ3n) is 3.47. The molecule has 0 unspecified atom stereocenters. The normalized spacial score (nSPS) is 9.96. The van der Waals surface area contributed by atoms with E-state index in [1.807, 2.05) is 0 Å². The van der Waals surface area contributed by atoms with Crippen molar-refractivity contribution in [1.29, 1.82) is 0 Å². The van der Waals surface area contributed by atoms with E-state index in [-0.39, 0.29) is 5.75 Å². The molecule has 0 bridgehead atoms. The summed E-state index contributed by atoms with van der Waals surface area (Å²) in [5.74, 6) is -0.351. The van der Waals surface area contributed by atoms with E-state index in [2.05, 4.69) is 5.32 Å². The summed E-state index contributed by atoms with van der Waals surface area (Å²) in [6.07, 6.45) is 0.661. The van der Waals surface area contributed by atoms with Crippen LogP contribution in [-0.4, -0.2) is 45.6 Å². The summed E-state index contributed by atoms with van der Waals surface area (Å²) in [6.45, 7) is -0.955. The van der Waals surface area contributed by atoms with Crippen LogP contribution in [0.3, 0.4) is 0 Å². The molecule has 0 saturated carbocycles. The Bertz CT molecular complexity index is 869. The number of hydrogen-bond donors (Lipinski definition) is 1. The number of ether oxygens (including phenoxy) is 4. The summed E-state index contributed by atoms with van der Waals surface area (Å²) in [6, 6.07) is 9.21. The van der Waals surface area contributed by atoms with Crippen molar-refractivity contribution in [2.75, 3.05) is 32.8 Å². The molecule has 0 heterocycles. The number of carbonyl (C=O) groups is 3. The molecule has 9 heteroatoms. The number of aldehydes is 1. The Hall–Kier alpha value is -3.26. The molecule has 2 aromatic carbocycles. The first-order valence-electron chi connectivity index (χ1n) is 8.02. The first kappa shape index (κ1) is 21.0. The maximum atomic E-state index is 12.0. The molecule has 2 aromatic rings. The average molecular weight is 408 g/mol. The standard InChI is InChI=1S/C19H18ClNO7/c1-25-15-6-4-13(20)8-14(15)21-18(23)10-28-19(24)11-27-16-5-3-12(9-22)7-17(16)26-2/h3-9H,10-11H2,1-2H3,(H,21,23). The number of amides is 1. The van der Waals surface area contributed by atoms with Crippen LogP contribution in [-0.2, 0) is 14.3 Å². The second-order valence-corrected chi connectivity index (χ2v) is 5.81. The van der Waals surface area contributed by atoms with Crippen molar-refractivity contribution in [2.24, 2.45) is 0 Å². The first-order valence-corrected chi connectivity index (χ1v) is 8.39.